The number of morpholine rings is 1. The minimum Gasteiger partial charge on any atom is -0.481 e. The number of ether oxygens (including phenoxy) is 1. The monoisotopic (exact) mass is 321 g/mol. The quantitative estimate of drug-likeness (QED) is 0.937. The maximum Gasteiger partial charge on any atom is 0.306 e. The van der Waals surface area contributed by atoms with Crippen LogP contribution in [-0.4, -0.2) is 47.7 Å². The lowest BCUT2D eigenvalue weighted by molar-refractivity contribution is -0.141. The van der Waals surface area contributed by atoms with E-state index in [-0.39, 0.29) is 31.2 Å². The van der Waals surface area contributed by atoms with E-state index in [0.29, 0.717) is 23.1 Å². The number of aryl methyl sites for hydroxylation is 1. The van der Waals surface area contributed by atoms with Crippen LogP contribution in [0.2, 0.25) is 0 Å². The van der Waals surface area contributed by atoms with Crippen molar-refractivity contribution in [3.05, 3.63) is 35.3 Å². The Morgan fingerprint density at radius 3 is 2.96 bits per heavy atom. The summed E-state index contributed by atoms with van der Waals surface area (Å²) >= 11 is 0. The van der Waals surface area contributed by atoms with E-state index in [4.69, 9.17) is 14.3 Å². The highest BCUT2D eigenvalue weighted by atomic mass is 19.1. The first-order valence-electron chi connectivity index (χ1n) is 7.27. The average molecular weight is 321 g/mol. The third kappa shape index (κ3) is 3.05. The molecule has 1 amide bonds. The van der Waals surface area contributed by atoms with Crippen molar-refractivity contribution in [1.82, 2.24) is 4.90 Å². The fourth-order valence-electron chi connectivity index (χ4n) is 2.76. The molecule has 2 heterocycles. The fraction of sp³-hybridized carbons (Fsp3) is 0.375. The van der Waals surface area contributed by atoms with Gasteiger partial charge >= 0.3 is 5.97 Å². The smallest absolute Gasteiger partial charge is 0.306 e. The predicted octanol–water partition coefficient (Wildman–Crippen LogP) is 2.20. The number of nitrogens with zero attached hydrogens (tertiary/aromatic N) is 1. The number of carbonyl (C=O) groups is 2. The molecule has 1 fully saturated rings. The SMILES string of the molecule is Cc1c(C(=O)N2CCOC(CC(=O)O)C2)oc2ccc(F)cc12. The standard InChI is InChI=1S/C16H16FNO5/c1-9-12-6-10(17)2-3-13(12)23-15(9)16(21)18-4-5-22-11(8-18)7-14(19)20/h2-3,6,11H,4-5,7-8H2,1H3,(H,19,20). The molecule has 1 saturated heterocycles. The van der Waals surface area contributed by atoms with E-state index in [1.165, 1.54) is 23.1 Å². The second-order valence-electron chi connectivity index (χ2n) is 5.54. The van der Waals surface area contributed by atoms with Gasteiger partial charge in [0.2, 0.25) is 0 Å². The van der Waals surface area contributed by atoms with Crippen molar-refractivity contribution in [2.75, 3.05) is 19.7 Å². The molecule has 0 saturated carbocycles. The summed E-state index contributed by atoms with van der Waals surface area (Å²) in [6.45, 7) is 2.53. The molecule has 1 aliphatic rings. The van der Waals surface area contributed by atoms with E-state index in [9.17, 15) is 14.0 Å². The number of carbonyl (C=O) groups excluding carboxylic acids is 1. The normalized spacial score (nSPS) is 18.3. The number of benzene rings is 1. The van der Waals surface area contributed by atoms with Crippen molar-refractivity contribution in [1.29, 1.82) is 0 Å². The molecule has 1 unspecified atom stereocenters. The largest absolute Gasteiger partial charge is 0.481 e. The van der Waals surface area contributed by atoms with Gasteiger partial charge in [-0.05, 0) is 25.1 Å². The van der Waals surface area contributed by atoms with Crippen LogP contribution in [0, 0.1) is 12.7 Å². The number of amides is 1. The number of carboxylic acids is 1. The molecule has 122 valence electrons. The summed E-state index contributed by atoms with van der Waals surface area (Å²) in [7, 11) is 0. The van der Waals surface area contributed by atoms with Crippen molar-refractivity contribution >= 4 is 22.8 Å². The number of halogens is 1. The van der Waals surface area contributed by atoms with E-state index in [1.54, 1.807) is 6.92 Å². The van der Waals surface area contributed by atoms with Crippen LogP contribution in [0.25, 0.3) is 11.0 Å². The number of fused-ring (bicyclic) bond motifs is 1. The number of furan rings is 1. The van der Waals surface area contributed by atoms with Gasteiger partial charge in [-0.1, -0.05) is 0 Å². The zero-order chi connectivity index (χ0) is 16.6. The van der Waals surface area contributed by atoms with Crippen LogP contribution in [0.4, 0.5) is 4.39 Å². The molecular weight excluding hydrogens is 305 g/mol. The summed E-state index contributed by atoms with van der Waals surface area (Å²) in [5.41, 5.74) is 1.02. The molecule has 2 aromatic rings. The Kier molecular flexibility index (Phi) is 4.04. The van der Waals surface area contributed by atoms with E-state index in [2.05, 4.69) is 0 Å². The number of rotatable bonds is 3. The first-order valence-corrected chi connectivity index (χ1v) is 7.27. The third-order valence-corrected chi connectivity index (χ3v) is 3.92. The molecule has 0 radical (unpaired) electrons. The Bertz CT molecular complexity index is 769. The van der Waals surface area contributed by atoms with Gasteiger partial charge in [-0.25, -0.2) is 4.39 Å². The molecule has 1 atom stereocenters. The minimum absolute atomic E-state index is 0.154. The summed E-state index contributed by atoms with van der Waals surface area (Å²) < 4.78 is 24.3. The first kappa shape index (κ1) is 15.5. The van der Waals surface area contributed by atoms with Crippen molar-refractivity contribution in [3.63, 3.8) is 0 Å². The summed E-state index contributed by atoms with van der Waals surface area (Å²) in [4.78, 5) is 24.9. The molecule has 23 heavy (non-hydrogen) atoms. The Hall–Kier alpha value is -2.41. The first-order chi connectivity index (χ1) is 11.0. The predicted molar refractivity (Wildman–Crippen MR) is 78.8 cm³/mol. The molecule has 0 aliphatic carbocycles. The summed E-state index contributed by atoms with van der Waals surface area (Å²) in [6, 6.07) is 4.09. The highest BCUT2D eigenvalue weighted by Gasteiger charge is 2.29. The average Bonchev–Trinajstić information content (AvgIpc) is 2.83. The molecule has 0 bridgehead atoms. The van der Waals surface area contributed by atoms with Gasteiger partial charge in [0.25, 0.3) is 5.91 Å². The Morgan fingerprint density at radius 2 is 2.22 bits per heavy atom. The molecule has 1 N–H and O–H groups in total. The molecule has 1 aromatic carbocycles. The van der Waals surface area contributed by atoms with Gasteiger partial charge in [0.15, 0.2) is 5.76 Å². The Labute approximate surface area is 131 Å². The highest BCUT2D eigenvalue weighted by Crippen LogP contribution is 2.27. The molecular formula is C16H16FNO5. The fourth-order valence-corrected chi connectivity index (χ4v) is 2.76. The van der Waals surface area contributed by atoms with Gasteiger partial charge in [-0.2, -0.15) is 0 Å². The van der Waals surface area contributed by atoms with Crippen LogP contribution in [0.3, 0.4) is 0 Å². The van der Waals surface area contributed by atoms with Crippen LogP contribution < -0.4 is 0 Å². The lowest BCUT2D eigenvalue weighted by Gasteiger charge is -2.31. The van der Waals surface area contributed by atoms with Crippen molar-refractivity contribution in [3.8, 4) is 0 Å². The van der Waals surface area contributed by atoms with Crippen molar-refractivity contribution in [2.24, 2.45) is 0 Å². The second-order valence-corrected chi connectivity index (χ2v) is 5.54. The van der Waals surface area contributed by atoms with Crippen LogP contribution in [0.15, 0.2) is 22.6 Å². The number of hydrogen-bond acceptors (Lipinski definition) is 4. The molecule has 0 spiro atoms. The molecule has 1 aliphatic heterocycles. The molecule has 3 rings (SSSR count). The Balaban J connectivity index is 1.85. The van der Waals surface area contributed by atoms with Crippen LogP contribution in [-0.2, 0) is 9.53 Å². The van der Waals surface area contributed by atoms with E-state index in [1.807, 2.05) is 0 Å². The highest BCUT2D eigenvalue weighted by molar-refractivity contribution is 5.99. The maximum absolute atomic E-state index is 13.3. The van der Waals surface area contributed by atoms with E-state index < -0.39 is 17.9 Å². The Morgan fingerprint density at radius 1 is 1.43 bits per heavy atom. The van der Waals surface area contributed by atoms with E-state index in [0.717, 1.165) is 0 Å². The molecule has 1 aromatic heterocycles. The lowest BCUT2D eigenvalue weighted by atomic mass is 10.1. The van der Waals surface area contributed by atoms with Gasteiger partial charge in [0.1, 0.15) is 11.4 Å². The van der Waals surface area contributed by atoms with Gasteiger partial charge in [-0.3, -0.25) is 9.59 Å². The second kappa shape index (κ2) is 6.00. The van der Waals surface area contributed by atoms with Gasteiger partial charge in [-0.15, -0.1) is 0 Å². The third-order valence-electron chi connectivity index (χ3n) is 3.92. The lowest BCUT2D eigenvalue weighted by Crippen LogP contribution is -2.46. The van der Waals surface area contributed by atoms with Crippen molar-refractivity contribution in [2.45, 2.75) is 19.4 Å². The zero-order valence-electron chi connectivity index (χ0n) is 12.5. The minimum atomic E-state index is -0.973. The van der Waals surface area contributed by atoms with Crippen LogP contribution >= 0.6 is 0 Å². The summed E-state index contributed by atoms with van der Waals surface area (Å²) in [5.74, 6) is -1.55. The summed E-state index contributed by atoms with van der Waals surface area (Å²) in [5, 5.41) is 9.39. The van der Waals surface area contributed by atoms with Gasteiger partial charge in [0, 0.05) is 24.0 Å². The van der Waals surface area contributed by atoms with Crippen LogP contribution in [0.1, 0.15) is 22.5 Å². The molecule has 6 nitrogen and oxygen atoms in total. The molecule has 7 heteroatoms. The number of carboxylic acid groups (broad SMARTS) is 1. The van der Waals surface area contributed by atoms with Crippen molar-refractivity contribution < 1.29 is 28.2 Å². The van der Waals surface area contributed by atoms with E-state index >= 15 is 0 Å². The maximum atomic E-state index is 13.3. The summed E-state index contributed by atoms with van der Waals surface area (Å²) in [6.07, 6.45) is -0.694. The van der Waals surface area contributed by atoms with Gasteiger partial charge in [0.05, 0.1) is 19.1 Å². The topological polar surface area (TPSA) is 80.0 Å². The van der Waals surface area contributed by atoms with Crippen LogP contribution in [0.5, 0.6) is 0 Å². The van der Waals surface area contributed by atoms with Gasteiger partial charge < -0.3 is 19.2 Å². The zero-order valence-corrected chi connectivity index (χ0v) is 12.5. The number of hydrogen-bond donors (Lipinski definition) is 1. The number of aliphatic carboxylic acids is 1.